The Labute approximate surface area is 156 Å². The van der Waals surface area contributed by atoms with Gasteiger partial charge in [0, 0.05) is 6.54 Å². The van der Waals surface area contributed by atoms with Crippen molar-refractivity contribution in [2.75, 3.05) is 6.54 Å². The second-order valence-electron chi connectivity index (χ2n) is 6.47. The number of sulfonamides is 1. The van der Waals surface area contributed by atoms with Crippen LogP contribution in [0.2, 0.25) is 0 Å². The SMILES string of the molecule is Cc1c(C)c(C)c(S(=O)(=O)N(Cc2ccsc2)CC(F)(F)F)c(C)c1C. The molecule has 0 aliphatic heterocycles. The highest BCUT2D eigenvalue weighted by Gasteiger charge is 2.38. The van der Waals surface area contributed by atoms with E-state index in [1.54, 1.807) is 44.5 Å². The lowest BCUT2D eigenvalue weighted by Crippen LogP contribution is -2.39. The van der Waals surface area contributed by atoms with Crippen molar-refractivity contribution >= 4 is 21.4 Å². The van der Waals surface area contributed by atoms with Gasteiger partial charge in [-0.2, -0.15) is 28.8 Å². The minimum Gasteiger partial charge on any atom is -0.207 e. The molecule has 0 amide bonds. The molecule has 0 saturated carbocycles. The van der Waals surface area contributed by atoms with E-state index in [0.29, 0.717) is 21.0 Å². The summed E-state index contributed by atoms with van der Waals surface area (Å²) in [5, 5.41) is 3.37. The van der Waals surface area contributed by atoms with Crippen molar-refractivity contribution in [3.05, 3.63) is 50.2 Å². The second-order valence-corrected chi connectivity index (χ2v) is 9.13. The van der Waals surface area contributed by atoms with Gasteiger partial charge in [0.05, 0.1) is 4.90 Å². The Balaban J connectivity index is 2.64. The zero-order valence-electron chi connectivity index (χ0n) is 15.4. The van der Waals surface area contributed by atoms with E-state index in [2.05, 4.69) is 0 Å². The van der Waals surface area contributed by atoms with Crippen molar-refractivity contribution in [2.45, 2.75) is 52.2 Å². The van der Waals surface area contributed by atoms with E-state index < -0.39 is 22.7 Å². The molecular weight excluding hydrogens is 383 g/mol. The Kier molecular flexibility index (Phi) is 5.90. The van der Waals surface area contributed by atoms with Gasteiger partial charge in [-0.25, -0.2) is 8.42 Å². The standard InChI is InChI=1S/C18H22F3NO2S2/c1-11-12(2)14(4)17(15(5)13(11)3)26(23,24)22(10-18(19,20)21)8-16-6-7-25-9-16/h6-7,9H,8,10H2,1-5H3. The monoisotopic (exact) mass is 405 g/mol. The van der Waals surface area contributed by atoms with Crippen LogP contribution in [0.15, 0.2) is 21.7 Å². The van der Waals surface area contributed by atoms with Crippen LogP contribution in [0.25, 0.3) is 0 Å². The van der Waals surface area contributed by atoms with E-state index in [4.69, 9.17) is 0 Å². The number of nitrogens with zero attached hydrogens (tertiary/aromatic N) is 1. The quantitative estimate of drug-likeness (QED) is 0.699. The molecule has 1 aromatic carbocycles. The summed E-state index contributed by atoms with van der Waals surface area (Å²) in [6.45, 7) is 6.95. The zero-order chi connectivity index (χ0) is 19.9. The van der Waals surface area contributed by atoms with Crippen molar-refractivity contribution in [1.29, 1.82) is 0 Å². The molecule has 0 unspecified atom stereocenters. The fourth-order valence-electron chi connectivity index (χ4n) is 2.99. The van der Waals surface area contributed by atoms with Gasteiger partial charge in [-0.15, -0.1) is 0 Å². The van der Waals surface area contributed by atoms with Gasteiger partial charge < -0.3 is 0 Å². The maximum Gasteiger partial charge on any atom is 0.402 e. The Morgan fingerprint density at radius 1 is 0.962 bits per heavy atom. The largest absolute Gasteiger partial charge is 0.402 e. The van der Waals surface area contributed by atoms with Crippen molar-refractivity contribution in [1.82, 2.24) is 4.31 Å². The van der Waals surface area contributed by atoms with Gasteiger partial charge in [-0.05, 0) is 84.8 Å². The first-order valence-corrected chi connectivity index (χ1v) is 10.4. The van der Waals surface area contributed by atoms with E-state index in [9.17, 15) is 21.6 Å². The van der Waals surface area contributed by atoms with E-state index in [1.807, 2.05) is 6.92 Å². The van der Waals surface area contributed by atoms with E-state index in [-0.39, 0.29) is 11.4 Å². The fourth-order valence-corrected chi connectivity index (χ4v) is 5.63. The third-order valence-electron chi connectivity index (χ3n) is 4.82. The minimum absolute atomic E-state index is 0.0161. The predicted octanol–water partition coefficient (Wildman–Crippen LogP) is 5.04. The minimum atomic E-state index is -4.63. The van der Waals surface area contributed by atoms with E-state index in [0.717, 1.165) is 16.7 Å². The summed E-state index contributed by atoms with van der Waals surface area (Å²) < 4.78 is 66.3. The van der Waals surface area contributed by atoms with Crippen molar-refractivity contribution < 1.29 is 21.6 Å². The first-order valence-electron chi connectivity index (χ1n) is 8.01. The van der Waals surface area contributed by atoms with Crippen LogP contribution in [0.4, 0.5) is 13.2 Å². The summed E-state index contributed by atoms with van der Waals surface area (Å²) in [4.78, 5) is -0.0161. The Morgan fingerprint density at radius 2 is 1.46 bits per heavy atom. The first-order chi connectivity index (χ1) is 11.9. The predicted molar refractivity (Wildman–Crippen MR) is 98.1 cm³/mol. The maximum atomic E-state index is 13.2. The highest BCUT2D eigenvalue weighted by atomic mass is 32.2. The van der Waals surface area contributed by atoms with Crippen molar-refractivity contribution in [2.24, 2.45) is 0 Å². The first kappa shape index (κ1) is 20.9. The molecule has 0 aliphatic rings. The van der Waals surface area contributed by atoms with Gasteiger partial charge in [0.25, 0.3) is 0 Å². The maximum absolute atomic E-state index is 13.2. The molecule has 0 fully saturated rings. The average molecular weight is 406 g/mol. The molecule has 0 saturated heterocycles. The van der Waals surface area contributed by atoms with Crippen LogP contribution in [-0.4, -0.2) is 25.4 Å². The molecule has 8 heteroatoms. The van der Waals surface area contributed by atoms with Gasteiger partial charge in [-0.1, -0.05) is 0 Å². The second kappa shape index (κ2) is 7.32. The fraction of sp³-hybridized carbons (Fsp3) is 0.444. The van der Waals surface area contributed by atoms with Gasteiger partial charge in [0.15, 0.2) is 0 Å². The van der Waals surface area contributed by atoms with Crippen LogP contribution < -0.4 is 0 Å². The molecule has 2 aromatic rings. The molecule has 0 N–H and O–H groups in total. The number of hydrogen-bond donors (Lipinski definition) is 0. The number of thiophene rings is 1. The van der Waals surface area contributed by atoms with Crippen molar-refractivity contribution in [3.8, 4) is 0 Å². The van der Waals surface area contributed by atoms with Crippen LogP contribution >= 0.6 is 11.3 Å². The summed E-state index contributed by atoms with van der Waals surface area (Å²) in [6.07, 6.45) is -4.63. The summed E-state index contributed by atoms with van der Waals surface area (Å²) in [5.74, 6) is 0. The molecule has 0 aliphatic carbocycles. The number of alkyl halides is 3. The molecule has 0 radical (unpaired) electrons. The number of benzene rings is 1. The zero-order valence-corrected chi connectivity index (χ0v) is 17.0. The lowest BCUT2D eigenvalue weighted by Gasteiger charge is -2.27. The van der Waals surface area contributed by atoms with Crippen LogP contribution in [-0.2, 0) is 16.6 Å². The van der Waals surface area contributed by atoms with Crippen LogP contribution in [0.1, 0.15) is 33.4 Å². The molecular formula is C18H22F3NO2S2. The van der Waals surface area contributed by atoms with Crippen LogP contribution in [0, 0.1) is 34.6 Å². The molecule has 26 heavy (non-hydrogen) atoms. The van der Waals surface area contributed by atoms with Crippen molar-refractivity contribution in [3.63, 3.8) is 0 Å². The topological polar surface area (TPSA) is 37.4 Å². The normalized spacial score (nSPS) is 12.8. The molecule has 0 spiro atoms. The molecule has 1 heterocycles. The average Bonchev–Trinajstić information content (AvgIpc) is 3.02. The number of halogens is 3. The molecule has 144 valence electrons. The Bertz CT molecular complexity index is 872. The summed E-state index contributed by atoms with van der Waals surface area (Å²) in [7, 11) is -4.32. The lowest BCUT2D eigenvalue weighted by molar-refractivity contribution is -0.136. The summed E-state index contributed by atoms with van der Waals surface area (Å²) in [5.41, 5.74) is 4.08. The number of rotatable bonds is 5. The molecule has 0 bridgehead atoms. The molecule has 0 atom stereocenters. The Hall–Kier alpha value is -1.38. The summed E-state index contributed by atoms with van der Waals surface area (Å²) in [6, 6.07) is 1.63. The third kappa shape index (κ3) is 4.13. The smallest absolute Gasteiger partial charge is 0.207 e. The lowest BCUT2D eigenvalue weighted by atomic mass is 9.95. The van der Waals surface area contributed by atoms with Crippen LogP contribution in [0.5, 0.6) is 0 Å². The number of hydrogen-bond acceptors (Lipinski definition) is 3. The van der Waals surface area contributed by atoms with Gasteiger partial charge in [0.2, 0.25) is 10.0 Å². The van der Waals surface area contributed by atoms with Crippen LogP contribution in [0.3, 0.4) is 0 Å². The molecule has 2 rings (SSSR count). The summed E-state index contributed by atoms with van der Waals surface area (Å²) >= 11 is 1.32. The van der Waals surface area contributed by atoms with E-state index in [1.165, 1.54) is 11.3 Å². The van der Waals surface area contributed by atoms with Gasteiger partial charge in [0.1, 0.15) is 6.54 Å². The van der Waals surface area contributed by atoms with Gasteiger partial charge in [-0.3, -0.25) is 0 Å². The highest BCUT2D eigenvalue weighted by molar-refractivity contribution is 7.89. The highest BCUT2D eigenvalue weighted by Crippen LogP contribution is 2.33. The Morgan fingerprint density at radius 3 is 1.88 bits per heavy atom. The third-order valence-corrected chi connectivity index (χ3v) is 7.62. The molecule has 1 aromatic heterocycles. The van der Waals surface area contributed by atoms with Gasteiger partial charge >= 0.3 is 6.18 Å². The van der Waals surface area contributed by atoms with E-state index >= 15 is 0 Å². The molecule has 3 nitrogen and oxygen atoms in total.